The Morgan fingerprint density at radius 1 is 0.957 bits per heavy atom. The highest BCUT2D eigenvalue weighted by Crippen LogP contribution is 2.57. The van der Waals surface area contributed by atoms with Crippen LogP contribution >= 0.6 is 0 Å². The number of nitrogens with zero attached hydrogens (tertiary/aromatic N) is 2. The van der Waals surface area contributed by atoms with Crippen molar-refractivity contribution in [2.75, 3.05) is 31.0 Å². The summed E-state index contributed by atoms with van der Waals surface area (Å²) in [6.45, 7) is 4.70. The zero-order valence-corrected chi connectivity index (χ0v) is 25.9. The second-order valence-corrected chi connectivity index (χ2v) is 11.8. The molecule has 46 heavy (non-hydrogen) atoms. The van der Waals surface area contributed by atoms with Crippen molar-refractivity contribution in [1.29, 1.82) is 0 Å². The number of rotatable bonds is 11. The molecule has 10 nitrogen and oxygen atoms in total. The number of carboxylic acid groups (broad SMARTS) is 1. The van der Waals surface area contributed by atoms with Crippen LogP contribution in [0, 0.1) is 0 Å². The number of ether oxygens (including phenoxy) is 3. The second kappa shape index (κ2) is 12.1. The number of hydrogen-bond donors (Lipinski definition) is 2. The smallest absolute Gasteiger partial charge is 0.497 e. The monoisotopic (exact) mass is 641 g/mol. The molecule has 2 N–H and O–H groups in total. The number of halogens is 3. The molecule has 3 aromatic carbocycles. The lowest BCUT2D eigenvalue weighted by atomic mass is 9.99. The molecule has 3 aromatic rings. The zero-order chi connectivity index (χ0) is 33.4. The summed E-state index contributed by atoms with van der Waals surface area (Å²) in [7, 11) is 3.00. The first-order valence-electron chi connectivity index (χ1n) is 14.4. The Labute approximate surface area is 263 Å². The van der Waals surface area contributed by atoms with E-state index < -0.39 is 29.7 Å². The number of amides is 1. The Morgan fingerprint density at radius 2 is 1.61 bits per heavy atom. The molecule has 2 aliphatic rings. The van der Waals surface area contributed by atoms with Gasteiger partial charge in [0.25, 0.3) is 5.91 Å². The summed E-state index contributed by atoms with van der Waals surface area (Å²) in [4.78, 5) is 32.7. The Kier molecular flexibility index (Phi) is 8.54. The van der Waals surface area contributed by atoms with Crippen molar-refractivity contribution in [3.05, 3.63) is 77.4 Å². The van der Waals surface area contributed by atoms with Gasteiger partial charge in [-0.1, -0.05) is 23.4 Å². The van der Waals surface area contributed by atoms with Crippen molar-refractivity contribution in [3.8, 4) is 17.2 Å². The number of alkyl halides is 3. The van der Waals surface area contributed by atoms with E-state index in [0.29, 0.717) is 46.3 Å². The van der Waals surface area contributed by atoms with Gasteiger partial charge in [-0.15, -0.1) is 13.2 Å². The third-order valence-corrected chi connectivity index (χ3v) is 8.14. The zero-order valence-electron chi connectivity index (χ0n) is 25.9. The molecule has 1 amide bonds. The second-order valence-electron chi connectivity index (χ2n) is 11.8. The summed E-state index contributed by atoms with van der Waals surface area (Å²) in [6, 6.07) is 15.1. The van der Waals surface area contributed by atoms with Gasteiger partial charge in [-0.05, 0) is 75.1 Å². The van der Waals surface area contributed by atoms with Crippen molar-refractivity contribution in [2.45, 2.75) is 57.0 Å². The van der Waals surface area contributed by atoms with Gasteiger partial charge in [0, 0.05) is 35.3 Å². The number of carboxylic acids is 1. The quantitative estimate of drug-likeness (QED) is 0.182. The molecule has 0 radical (unpaired) electrons. The summed E-state index contributed by atoms with van der Waals surface area (Å²) in [6.07, 6.45) is -3.27. The minimum atomic E-state index is -4.88. The van der Waals surface area contributed by atoms with Gasteiger partial charge in [-0.2, -0.15) is 0 Å². The van der Waals surface area contributed by atoms with Gasteiger partial charge in [0.15, 0.2) is 0 Å². The largest absolute Gasteiger partial charge is 0.573 e. The minimum Gasteiger partial charge on any atom is -0.497 e. The fourth-order valence-corrected chi connectivity index (χ4v) is 5.32. The molecule has 1 spiro atoms. The van der Waals surface area contributed by atoms with E-state index in [9.17, 15) is 27.9 Å². The maximum absolute atomic E-state index is 14.5. The molecule has 1 heterocycles. The van der Waals surface area contributed by atoms with Crippen LogP contribution in [0.15, 0.2) is 65.8 Å². The standard InChI is InChI=1S/C33H34F3N3O7/c1-19(38-46-31(2,3)30(41)42)21-14-22(16-25(15-21)44-5)37-28(20-6-8-23(43-4)9-7-20)29(40)39-18-32(12-13-32)26-11-10-24(17-27(26)39)45-33(34,35)36/h6-11,14-17,28,37H,12-13,18H2,1-5H3,(H,41,42)/b38-19+. The molecule has 13 heteroatoms. The molecule has 0 saturated heterocycles. The first-order chi connectivity index (χ1) is 21.6. The summed E-state index contributed by atoms with van der Waals surface area (Å²) >= 11 is 0. The van der Waals surface area contributed by atoms with Crippen LogP contribution in [0.4, 0.5) is 24.5 Å². The van der Waals surface area contributed by atoms with E-state index in [0.717, 1.165) is 18.4 Å². The van der Waals surface area contributed by atoms with Gasteiger partial charge < -0.3 is 34.4 Å². The number of anilines is 2. The molecule has 1 aliphatic carbocycles. The number of aliphatic carboxylic acids is 1. The van der Waals surface area contributed by atoms with Crippen molar-refractivity contribution in [3.63, 3.8) is 0 Å². The molecule has 1 fully saturated rings. The van der Waals surface area contributed by atoms with Crippen LogP contribution in [-0.4, -0.2) is 55.4 Å². The predicted molar refractivity (Wildman–Crippen MR) is 164 cm³/mol. The Bertz CT molecular complexity index is 1670. The number of hydrogen-bond acceptors (Lipinski definition) is 8. The highest BCUT2D eigenvalue weighted by Gasteiger charge is 2.54. The lowest BCUT2D eigenvalue weighted by Gasteiger charge is -2.27. The number of benzene rings is 3. The first kappa shape index (κ1) is 32.5. The lowest BCUT2D eigenvalue weighted by Crippen LogP contribution is -2.38. The summed E-state index contributed by atoms with van der Waals surface area (Å²) < 4.78 is 54.2. The van der Waals surface area contributed by atoms with Crippen LogP contribution in [0.2, 0.25) is 0 Å². The first-order valence-corrected chi connectivity index (χ1v) is 14.4. The molecule has 1 aliphatic heterocycles. The summed E-state index contributed by atoms with van der Waals surface area (Å²) in [5, 5.41) is 16.7. The molecular formula is C33H34F3N3O7. The SMILES string of the molecule is COc1ccc(C(Nc2cc(OC)cc(/C(C)=N/OC(C)(C)C(=O)O)c2)C(=O)N2CC3(CC3)c3ccc(OC(F)(F)F)cc32)cc1. The molecule has 0 aromatic heterocycles. The van der Waals surface area contributed by atoms with E-state index in [4.69, 9.17) is 14.3 Å². The fraction of sp³-hybridized carbons (Fsp3) is 0.364. The van der Waals surface area contributed by atoms with Gasteiger partial charge in [0.2, 0.25) is 5.60 Å². The molecule has 5 rings (SSSR count). The third-order valence-electron chi connectivity index (χ3n) is 8.14. The van der Waals surface area contributed by atoms with Crippen molar-refractivity contribution in [2.24, 2.45) is 5.16 Å². The van der Waals surface area contributed by atoms with Crippen LogP contribution in [-0.2, 0) is 19.8 Å². The molecular weight excluding hydrogens is 607 g/mol. The lowest BCUT2D eigenvalue weighted by molar-refractivity contribution is -0.274. The van der Waals surface area contributed by atoms with Crippen LogP contribution in [0.1, 0.15) is 56.3 Å². The maximum atomic E-state index is 14.5. The molecule has 1 atom stereocenters. The van der Waals surface area contributed by atoms with Gasteiger partial charge in [-0.25, -0.2) is 4.79 Å². The fourth-order valence-electron chi connectivity index (χ4n) is 5.32. The number of fused-ring (bicyclic) bond motifs is 2. The number of carbonyl (C=O) groups excluding carboxylic acids is 1. The topological polar surface area (TPSA) is 119 Å². The van der Waals surface area contributed by atoms with Crippen LogP contribution in [0.5, 0.6) is 17.2 Å². The number of carbonyl (C=O) groups is 2. The average Bonchev–Trinajstić information content (AvgIpc) is 3.73. The molecule has 244 valence electrons. The van der Waals surface area contributed by atoms with Gasteiger partial charge >= 0.3 is 12.3 Å². The van der Waals surface area contributed by atoms with E-state index in [1.54, 1.807) is 55.5 Å². The average molecular weight is 642 g/mol. The molecule has 0 bridgehead atoms. The van der Waals surface area contributed by atoms with Gasteiger partial charge in [0.1, 0.15) is 23.3 Å². The minimum absolute atomic E-state index is 0.313. The summed E-state index contributed by atoms with van der Waals surface area (Å²) in [5.41, 5.74) is 1.22. The number of nitrogens with one attached hydrogen (secondary N) is 1. The van der Waals surface area contributed by atoms with E-state index in [2.05, 4.69) is 15.2 Å². The normalized spacial score (nSPS) is 16.0. The Balaban J connectivity index is 1.52. The van der Waals surface area contributed by atoms with Crippen molar-refractivity contribution < 1.29 is 46.9 Å². The van der Waals surface area contributed by atoms with E-state index in [1.165, 1.54) is 45.1 Å². The van der Waals surface area contributed by atoms with Gasteiger partial charge in [0.05, 0.1) is 25.6 Å². The van der Waals surface area contributed by atoms with Crippen LogP contribution < -0.4 is 24.4 Å². The number of oxime groups is 1. The van der Waals surface area contributed by atoms with Crippen molar-refractivity contribution in [1.82, 2.24) is 0 Å². The Morgan fingerprint density at radius 3 is 2.20 bits per heavy atom. The maximum Gasteiger partial charge on any atom is 0.573 e. The highest BCUT2D eigenvalue weighted by molar-refractivity contribution is 6.03. The summed E-state index contributed by atoms with van der Waals surface area (Å²) in [5.74, 6) is -0.985. The van der Waals surface area contributed by atoms with Gasteiger partial charge in [-0.3, -0.25) is 4.79 Å². The highest BCUT2D eigenvalue weighted by atomic mass is 19.4. The van der Waals surface area contributed by atoms with E-state index in [1.807, 2.05) is 0 Å². The van der Waals surface area contributed by atoms with Crippen molar-refractivity contribution >= 4 is 29.0 Å². The Hall–Kier alpha value is -4.94. The molecule has 1 saturated carbocycles. The predicted octanol–water partition coefficient (Wildman–Crippen LogP) is 6.44. The van der Waals surface area contributed by atoms with E-state index in [-0.39, 0.29) is 11.3 Å². The molecule has 1 unspecified atom stereocenters. The van der Waals surface area contributed by atoms with Crippen LogP contribution in [0.25, 0.3) is 0 Å². The third kappa shape index (κ3) is 6.82. The van der Waals surface area contributed by atoms with Crippen LogP contribution in [0.3, 0.4) is 0 Å². The number of methoxy groups -OCH3 is 2. The van der Waals surface area contributed by atoms with E-state index >= 15 is 0 Å².